The lowest BCUT2D eigenvalue weighted by atomic mass is 10.1. The van der Waals surface area contributed by atoms with Crippen molar-refractivity contribution in [2.75, 3.05) is 26.3 Å². The van der Waals surface area contributed by atoms with Crippen LogP contribution in [0.25, 0.3) is 11.3 Å². The van der Waals surface area contributed by atoms with Gasteiger partial charge in [0.2, 0.25) is 0 Å². The van der Waals surface area contributed by atoms with Gasteiger partial charge in [-0.05, 0) is 6.92 Å². The van der Waals surface area contributed by atoms with E-state index in [9.17, 15) is 4.79 Å². The molecule has 0 unspecified atom stereocenters. The van der Waals surface area contributed by atoms with Crippen molar-refractivity contribution in [1.82, 2.24) is 14.7 Å². The van der Waals surface area contributed by atoms with Gasteiger partial charge in [-0.1, -0.05) is 29.8 Å². The van der Waals surface area contributed by atoms with Crippen molar-refractivity contribution in [3.63, 3.8) is 0 Å². The van der Waals surface area contributed by atoms with Gasteiger partial charge < -0.3 is 9.64 Å². The Kier molecular flexibility index (Phi) is 4.92. The highest BCUT2D eigenvalue weighted by Gasteiger charge is 2.24. The van der Waals surface area contributed by atoms with Crippen LogP contribution in [0.2, 0.25) is 0 Å². The average Bonchev–Trinajstić information content (AvgIpc) is 3.05. The number of amides is 1. The lowest BCUT2D eigenvalue weighted by Gasteiger charge is -2.26. The van der Waals surface area contributed by atoms with E-state index in [4.69, 9.17) is 10.00 Å². The van der Waals surface area contributed by atoms with Gasteiger partial charge in [-0.15, -0.1) is 0 Å². The summed E-state index contributed by atoms with van der Waals surface area (Å²) in [5.41, 5.74) is 3.32. The molecule has 24 heavy (non-hydrogen) atoms. The second-order valence-corrected chi connectivity index (χ2v) is 5.83. The van der Waals surface area contributed by atoms with Gasteiger partial charge in [0.15, 0.2) is 0 Å². The molecule has 0 bridgehead atoms. The second-order valence-electron chi connectivity index (χ2n) is 5.83. The van der Waals surface area contributed by atoms with Gasteiger partial charge in [0.05, 0.1) is 37.8 Å². The molecule has 1 saturated heterocycles. The quantitative estimate of drug-likeness (QED) is 0.865. The summed E-state index contributed by atoms with van der Waals surface area (Å²) in [6, 6.07) is 10.1. The molecule has 0 spiro atoms. The lowest BCUT2D eigenvalue weighted by molar-refractivity contribution is 0.0303. The smallest absolute Gasteiger partial charge is 0.257 e. The van der Waals surface area contributed by atoms with Crippen LogP contribution in [-0.4, -0.2) is 46.9 Å². The zero-order valence-electron chi connectivity index (χ0n) is 13.7. The van der Waals surface area contributed by atoms with Crippen molar-refractivity contribution >= 4 is 5.91 Å². The maximum absolute atomic E-state index is 12.9. The molecule has 1 amide bonds. The Morgan fingerprint density at radius 2 is 2.00 bits per heavy atom. The van der Waals surface area contributed by atoms with E-state index >= 15 is 0 Å². The van der Waals surface area contributed by atoms with Crippen molar-refractivity contribution < 1.29 is 9.53 Å². The number of ether oxygens (including phenoxy) is 1. The molecule has 6 heteroatoms. The van der Waals surface area contributed by atoms with Gasteiger partial charge in [0.25, 0.3) is 5.91 Å². The molecule has 1 aliphatic rings. The SMILES string of the molecule is Cc1ccc(-c2nn(CCC#N)cc2C(=O)N2CCOCC2)cc1. The number of nitrogens with zero attached hydrogens (tertiary/aromatic N) is 4. The first-order chi connectivity index (χ1) is 11.7. The van der Waals surface area contributed by atoms with E-state index in [1.165, 1.54) is 0 Å². The van der Waals surface area contributed by atoms with Gasteiger partial charge >= 0.3 is 0 Å². The van der Waals surface area contributed by atoms with E-state index in [1.807, 2.05) is 31.2 Å². The summed E-state index contributed by atoms with van der Waals surface area (Å²) < 4.78 is 7.01. The number of carbonyl (C=O) groups is 1. The first-order valence-corrected chi connectivity index (χ1v) is 8.07. The molecule has 0 atom stereocenters. The zero-order chi connectivity index (χ0) is 16.9. The number of aryl methyl sites for hydroxylation is 2. The third kappa shape index (κ3) is 3.47. The number of benzene rings is 1. The first kappa shape index (κ1) is 16.2. The predicted molar refractivity (Wildman–Crippen MR) is 89.4 cm³/mol. The van der Waals surface area contributed by atoms with Crippen LogP contribution >= 0.6 is 0 Å². The third-order valence-electron chi connectivity index (χ3n) is 4.07. The zero-order valence-corrected chi connectivity index (χ0v) is 13.7. The largest absolute Gasteiger partial charge is 0.378 e. The van der Waals surface area contributed by atoms with Crippen molar-refractivity contribution in [2.45, 2.75) is 19.9 Å². The molecule has 0 N–H and O–H groups in total. The molecule has 2 aromatic rings. The Bertz CT molecular complexity index is 752. The Hall–Kier alpha value is -2.65. The van der Waals surface area contributed by atoms with Crippen molar-refractivity contribution in [3.05, 3.63) is 41.6 Å². The molecule has 2 heterocycles. The van der Waals surface area contributed by atoms with E-state index in [0.717, 1.165) is 11.1 Å². The van der Waals surface area contributed by atoms with Crippen LogP contribution in [0.5, 0.6) is 0 Å². The molecule has 0 radical (unpaired) electrons. The second kappa shape index (κ2) is 7.28. The van der Waals surface area contributed by atoms with Gasteiger partial charge in [0.1, 0.15) is 5.69 Å². The monoisotopic (exact) mass is 324 g/mol. The van der Waals surface area contributed by atoms with Gasteiger partial charge in [-0.3, -0.25) is 9.48 Å². The van der Waals surface area contributed by atoms with Crippen LogP contribution in [0.3, 0.4) is 0 Å². The Balaban J connectivity index is 1.95. The fraction of sp³-hybridized carbons (Fsp3) is 0.389. The maximum atomic E-state index is 12.9. The van der Waals surface area contributed by atoms with Gasteiger partial charge in [0, 0.05) is 24.8 Å². The van der Waals surface area contributed by atoms with Crippen molar-refractivity contribution in [2.24, 2.45) is 0 Å². The number of nitriles is 1. The standard InChI is InChI=1S/C18H20N4O2/c1-14-3-5-15(6-4-14)17-16(13-22(20-17)8-2-7-19)18(23)21-9-11-24-12-10-21/h3-6,13H,2,8-12H2,1H3. The maximum Gasteiger partial charge on any atom is 0.257 e. The number of carbonyl (C=O) groups excluding carboxylic acids is 1. The molecular weight excluding hydrogens is 304 g/mol. The number of hydrogen-bond donors (Lipinski definition) is 0. The van der Waals surface area contributed by atoms with E-state index in [1.54, 1.807) is 15.8 Å². The van der Waals surface area contributed by atoms with Gasteiger partial charge in [-0.25, -0.2) is 0 Å². The fourth-order valence-electron chi connectivity index (χ4n) is 2.72. The predicted octanol–water partition coefficient (Wildman–Crippen LogP) is 2.24. The molecule has 1 aromatic carbocycles. The molecule has 0 aliphatic carbocycles. The molecule has 1 fully saturated rings. The average molecular weight is 324 g/mol. The molecule has 124 valence electrons. The summed E-state index contributed by atoms with van der Waals surface area (Å²) in [5, 5.41) is 13.3. The number of rotatable bonds is 4. The van der Waals surface area contributed by atoms with Crippen LogP contribution < -0.4 is 0 Å². The summed E-state index contributed by atoms with van der Waals surface area (Å²) >= 11 is 0. The van der Waals surface area contributed by atoms with E-state index in [0.29, 0.717) is 50.5 Å². The third-order valence-corrected chi connectivity index (χ3v) is 4.07. The molecule has 1 aliphatic heterocycles. The lowest BCUT2D eigenvalue weighted by Crippen LogP contribution is -2.40. The number of morpholine rings is 1. The number of aromatic nitrogens is 2. The molecule has 3 rings (SSSR count). The molecule has 1 aromatic heterocycles. The van der Waals surface area contributed by atoms with Crippen LogP contribution in [0.4, 0.5) is 0 Å². The highest BCUT2D eigenvalue weighted by molar-refractivity contribution is 5.99. The Labute approximate surface area is 141 Å². The summed E-state index contributed by atoms with van der Waals surface area (Å²) in [7, 11) is 0. The minimum absolute atomic E-state index is 0.0305. The minimum Gasteiger partial charge on any atom is -0.378 e. The summed E-state index contributed by atoms with van der Waals surface area (Å²) in [4.78, 5) is 14.7. The highest BCUT2D eigenvalue weighted by Crippen LogP contribution is 2.24. The minimum atomic E-state index is -0.0305. The topological polar surface area (TPSA) is 71.2 Å². The van der Waals surface area contributed by atoms with Gasteiger partial charge in [-0.2, -0.15) is 10.4 Å². The molecular formula is C18H20N4O2. The van der Waals surface area contributed by atoms with Crippen LogP contribution in [0.1, 0.15) is 22.3 Å². The highest BCUT2D eigenvalue weighted by atomic mass is 16.5. The summed E-state index contributed by atoms with van der Waals surface area (Å²) in [5.74, 6) is -0.0305. The first-order valence-electron chi connectivity index (χ1n) is 8.07. The van der Waals surface area contributed by atoms with E-state index in [2.05, 4.69) is 11.2 Å². The normalized spacial score (nSPS) is 14.4. The summed E-state index contributed by atoms with van der Waals surface area (Å²) in [6.45, 7) is 4.81. The van der Waals surface area contributed by atoms with Crippen molar-refractivity contribution in [1.29, 1.82) is 5.26 Å². The summed E-state index contributed by atoms with van der Waals surface area (Å²) in [6.07, 6.45) is 2.12. The van der Waals surface area contributed by atoms with Crippen molar-refractivity contribution in [3.8, 4) is 17.3 Å². The van der Waals surface area contributed by atoms with Crippen LogP contribution in [0, 0.1) is 18.3 Å². The van der Waals surface area contributed by atoms with Crippen LogP contribution in [-0.2, 0) is 11.3 Å². The number of hydrogen-bond acceptors (Lipinski definition) is 4. The fourth-order valence-corrected chi connectivity index (χ4v) is 2.72. The Morgan fingerprint density at radius 3 is 2.67 bits per heavy atom. The van der Waals surface area contributed by atoms with E-state index in [-0.39, 0.29) is 5.91 Å². The molecule has 0 saturated carbocycles. The van der Waals surface area contributed by atoms with E-state index < -0.39 is 0 Å². The molecule has 6 nitrogen and oxygen atoms in total. The van der Waals surface area contributed by atoms with Crippen LogP contribution in [0.15, 0.2) is 30.5 Å². The Morgan fingerprint density at radius 1 is 1.29 bits per heavy atom.